The number of hydrogen-bond donors (Lipinski definition) is 1. The highest BCUT2D eigenvalue weighted by atomic mass is 35.5. The zero-order valence-corrected chi connectivity index (χ0v) is 10.3. The van der Waals surface area contributed by atoms with Gasteiger partial charge in [-0.15, -0.1) is 0 Å². The molecular weight excluding hydrogens is 226 g/mol. The van der Waals surface area contributed by atoms with Crippen LogP contribution >= 0.6 is 11.6 Å². The number of ether oxygens (including phenoxy) is 1. The van der Waals surface area contributed by atoms with Gasteiger partial charge >= 0.3 is 0 Å². The number of hydrogen-bond acceptors (Lipinski definition) is 3. The van der Waals surface area contributed by atoms with E-state index in [9.17, 15) is 0 Å². The number of hydroxylamine groups is 1. The maximum atomic E-state index is 6.07. The van der Waals surface area contributed by atoms with Gasteiger partial charge in [0.05, 0.1) is 12.1 Å². The Hall–Kier alpha value is -1.03. The number of benzene rings is 1. The Morgan fingerprint density at radius 1 is 1.50 bits per heavy atom. The zero-order chi connectivity index (χ0) is 12.0. The van der Waals surface area contributed by atoms with Gasteiger partial charge in [-0.05, 0) is 30.2 Å². The number of halogens is 1. The molecule has 1 N–H and O–H groups in total. The van der Waals surface area contributed by atoms with Crippen LogP contribution in [0.4, 0.5) is 0 Å². The normalized spacial score (nSPS) is 10.2. The Morgan fingerprint density at radius 2 is 2.25 bits per heavy atom. The molecule has 0 aliphatic heterocycles. The van der Waals surface area contributed by atoms with Crippen LogP contribution in [0.1, 0.15) is 12.5 Å². The van der Waals surface area contributed by atoms with Crippen molar-refractivity contribution in [1.82, 2.24) is 5.48 Å². The first-order valence-electron chi connectivity index (χ1n) is 4.95. The minimum atomic E-state index is 0.482. The number of rotatable bonds is 6. The van der Waals surface area contributed by atoms with Crippen LogP contribution < -0.4 is 10.2 Å². The molecule has 0 unspecified atom stereocenters. The molecule has 1 aromatic rings. The Balaban J connectivity index is 2.63. The van der Waals surface area contributed by atoms with Gasteiger partial charge in [-0.2, -0.15) is 5.48 Å². The van der Waals surface area contributed by atoms with Gasteiger partial charge < -0.3 is 9.57 Å². The molecule has 1 aromatic carbocycles. The standard InChI is InChI=1S/C12H16ClNO2/c1-9(2)8-16-12-5-4-10(6-11(12)13)7-14-15-3/h4-6,14H,1,7-8H2,2-3H3. The summed E-state index contributed by atoms with van der Waals surface area (Å²) in [5.74, 6) is 0.672. The van der Waals surface area contributed by atoms with Crippen LogP contribution in [0.2, 0.25) is 5.02 Å². The fourth-order valence-electron chi connectivity index (χ4n) is 1.13. The average molecular weight is 242 g/mol. The molecule has 0 aliphatic carbocycles. The molecule has 0 saturated carbocycles. The molecule has 3 nitrogen and oxygen atoms in total. The molecule has 88 valence electrons. The molecule has 0 bridgehead atoms. The molecule has 0 fully saturated rings. The minimum Gasteiger partial charge on any atom is -0.488 e. The third-order valence-corrected chi connectivity index (χ3v) is 2.19. The summed E-state index contributed by atoms with van der Waals surface area (Å²) in [6.45, 7) is 6.76. The SMILES string of the molecule is C=C(C)COc1ccc(CNOC)cc1Cl. The summed E-state index contributed by atoms with van der Waals surface area (Å²) in [7, 11) is 1.58. The van der Waals surface area contributed by atoms with Gasteiger partial charge in [-0.3, -0.25) is 0 Å². The first-order chi connectivity index (χ1) is 7.63. The average Bonchev–Trinajstić information content (AvgIpc) is 2.24. The summed E-state index contributed by atoms with van der Waals surface area (Å²) in [4.78, 5) is 4.76. The van der Waals surface area contributed by atoms with Gasteiger partial charge in [0.25, 0.3) is 0 Å². The second-order valence-electron chi connectivity index (χ2n) is 3.54. The van der Waals surface area contributed by atoms with Gasteiger partial charge in [-0.25, -0.2) is 0 Å². The fraction of sp³-hybridized carbons (Fsp3) is 0.333. The molecule has 0 aromatic heterocycles. The van der Waals surface area contributed by atoms with Gasteiger partial charge in [0, 0.05) is 6.54 Å². The van der Waals surface area contributed by atoms with Crippen LogP contribution in [-0.4, -0.2) is 13.7 Å². The van der Waals surface area contributed by atoms with Crippen LogP contribution in [0.5, 0.6) is 5.75 Å². The molecule has 0 heterocycles. The molecule has 1 rings (SSSR count). The lowest BCUT2D eigenvalue weighted by atomic mass is 10.2. The molecule has 0 spiro atoms. The van der Waals surface area contributed by atoms with Crippen molar-refractivity contribution in [3.05, 3.63) is 40.9 Å². The van der Waals surface area contributed by atoms with Gasteiger partial charge in [-0.1, -0.05) is 24.2 Å². The van der Waals surface area contributed by atoms with E-state index < -0.39 is 0 Å². The largest absolute Gasteiger partial charge is 0.488 e. The lowest BCUT2D eigenvalue weighted by Gasteiger charge is -2.09. The third kappa shape index (κ3) is 4.23. The van der Waals surface area contributed by atoms with Gasteiger partial charge in [0.15, 0.2) is 0 Å². The predicted octanol–water partition coefficient (Wildman–Crippen LogP) is 2.95. The van der Waals surface area contributed by atoms with E-state index >= 15 is 0 Å². The second-order valence-corrected chi connectivity index (χ2v) is 3.94. The van der Waals surface area contributed by atoms with E-state index in [4.69, 9.17) is 21.2 Å². The molecule has 0 amide bonds. The van der Waals surface area contributed by atoms with Crippen molar-refractivity contribution in [2.24, 2.45) is 0 Å². The molecular formula is C12H16ClNO2. The molecule has 0 atom stereocenters. The van der Waals surface area contributed by atoms with Crippen LogP contribution in [0.3, 0.4) is 0 Å². The summed E-state index contributed by atoms with van der Waals surface area (Å²) >= 11 is 6.07. The second kappa shape index (κ2) is 6.53. The van der Waals surface area contributed by atoms with Crippen LogP contribution in [0.25, 0.3) is 0 Å². The van der Waals surface area contributed by atoms with Crippen LogP contribution in [-0.2, 0) is 11.4 Å². The van der Waals surface area contributed by atoms with Crippen molar-refractivity contribution >= 4 is 11.6 Å². The monoisotopic (exact) mass is 241 g/mol. The van der Waals surface area contributed by atoms with Crippen molar-refractivity contribution in [3.63, 3.8) is 0 Å². The van der Waals surface area contributed by atoms with E-state index in [-0.39, 0.29) is 0 Å². The van der Waals surface area contributed by atoms with Gasteiger partial charge in [0.2, 0.25) is 0 Å². The lowest BCUT2D eigenvalue weighted by molar-refractivity contribution is 0.0867. The van der Waals surface area contributed by atoms with Crippen molar-refractivity contribution in [1.29, 1.82) is 0 Å². The van der Waals surface area contributed by atoms with Crippen molar-refractivity contribution in [3.8, 4) is 5.75 Å². The third-order valence-electron chi connectivity index (χ3n) is 1.89. The topological polar surface area (TPSA) is 30.5 Å². The van der Waals surface area contributed by atoms with Crippen LogP contribution in [0, 0.1) is 0 Å². The van der Waals surface area contributed by atoms with E-state index in [0.29, 0.717) is 23.9 Å². The zero-order valence-electron chi connectivity index (χ0n) is 9.55. The van der Waals surface area contributed by atoms with E-state index in [0.717, 1.165) is 11.1 Å². The van der Waals surface area contributed by atoms with Crippen LogP contribution in [0.15, 0.2) is 30.4 Å². The Labute approximate surface area is 101 Å². The predicted molar refractivity (Wildman–Crippen MR) is 65.6 cm³/mol. The van der Waals surface area contributed by atoms with Crippen molar-refractivity contribution in [2.45, 2.75) is 13.5 Å². The Morgan fingerprint density at radius 3 is 2.81 bits per heavy atom. The maximum Gasteiger partial charge on any atom is 0.138 e. The van der Waals surface area contributed by atoms with Crippen molar-refractivity contribution in [2.75, 3.05) is 13.7 Å². The van der Waals surface area contributed by atoms with E-state index in [2.05, 4.69) is 12.1 Å². The van der Waals surface area contributed by atoms with Crippen molar-refractivity contribution < 1.29 is 9.57 Å². The Bertz CT molecular complexity index is 366. The molecule has 0 aliphatic rings. The Kier molecular flexibility index (Phi) is 5.32. The lowest BCUT2D eigenvalue weighted by Crippen LogP contribution is -2.10. The quantitative estimate of drug-likeness (QED) is 0.614. The van der Waals surface area contributed by atoms with E-state index in [1.165, 1.54) is 0 Å². The number of nitrogens with one attached hydrogen (secondary N) is 1. The highest BCUT2D eigenvalue weighted by Crippen LogP contribution is 2.25. The maximum absolute atomic E-state index is 6.07. The highest BCUT2D eigenvalue weighted by Gasteiger charge is 2.03. The molecule has 0 saturated heterocycles. The smallest absolute Gasteiger partial charge is 0.138 e. The fourth-order valence-corrected chi connectivity index (χ4v) is 1.39. The minimum absolute atomic E-state index is 0.482. The van der Waals surface area contributed by atoms with E-state index in [1.54, 1.807) is 7.11 Å². The summed E-state index contributed by atoms with van der Waals surface area (Å²) in [6.07, 6.45) is 0. The molecule has 4 heteroatoms. The van der Waals surface area contributed by atoms with E-state index in [1.807, 2.05) is 25.1 Å². The van der Waals surface area contributed by atoms with Gasteiger partial charge in [0.1, 0.15) is 12.4 Å². The highest BCUT2D eigenvalue weighted by molar-refractivity contribution is 6.32. The molecule has 0 radical (unpaired) electrons. The first-order valence-corrected chi connectivity index (χ1v) is 5.32. The summed E-state index contributed by atoms with van der Waals surface area (Å²) in [5.41, 5.74) is 4.74. The first kappa shape index (κ1) is 13.0. The summed E-state index contributed by atoms with van der Waals surface area (Å²) < 4.78 is 5.47. The summed E-state index contributed by atoms with van der Waals surface area (Å²) in [5, 5.41) is 0.594. The molecule has 16 heavy (non-hydrogen) atoms. The summed E-state index contributed by atoms with van der Waals surface area (Å²) in [6, 6.07) is 5.63.